The number of carbonyl (C=O) groups excluding carboxylic acids is 3. The van der Waals surface area contributed by atoms with Crippen molar-refractivity contribution in [3.05, 3.63) is 40.3 Å². The third-order valence-electron chi connectivity index (χ3n) is 6.10. The van der Waals surface area contributed by atoms with Gasteiger partial charge in [0.05, 0.1) is 29.4 Å². The highest BCUT2D eigenvalue weighted by Gasteiger charge is 2.25. The Kier molecular flexibility index (Phi) is 8.49. The molecular weight excluding hydrogens is 514 g/mol. The second kappa shape index (κ2) is 11.8. The smallest absolute Gasteiger partial charge is 0.341 e. The van der Waals surface area contributed by atoms with Gasteiger partial charge in [-0.05, 0) is 69.4 Å². The molecule has 0 aliphatic heterocycles. The van der Waals surface area contributed by atoms with Crippen molar-refractivity contribution in [1.82, 2.24) is 14.8 Å². The monoisotopic (exact) mass is 543 g/mol. The van der Waals surface area contributed by atoms with E-state index in [9.17, 15) is 14.4 Å². The summed E-state index contributed by atoms with van der Waals surface area (Å²) in [6.45, 7) is 4.19. The number of nitrogens with one attached hydrogen (secondary N) is 1. The van der Waals surface area contributed by atoms with Crippen LogP contribution in [0.25, 0.3) is 11.4 Å². The molecule has 10 nitrogen and oxygen atoms in total. The summed E-state index contributed by atoms with van der Waals surface area (Å²) in [6, 6.07) is 7.83. The number of methoxy groups -OCH3 is 1. The molecule has 1 aliphatic rings. The molecule has 0 bridgehead atoms. The lowest BCUT2D eigenvalue weighted by Gasteiger charge is -2.13. The number of anilines is 1. The summed E-state index contributed by atoms with van der Waals surface area (Å²) in [4.78, 5) is 36.9. The number of hydrogen-bond donors (Lipinski definition) is 2. The van der Waals surface area contributed by atoms with Gasteiger partial charge in [0.15, 0.2) is 11.0 Å². The molecule has 196 valence electrons. The molecule has 2 aromatic heterocycles. The Morgan fingerprint density at radius 1 is 1.19 bits per heavy atom. The number of thioether (sulfide) groups is 1. The van der Waals surface area contributed by atoms with E-state index in [1.165, 1.54) is 31.7 Å². The molecule has 1 aromatic carbocycles. The Morgan fingerprint density at radius 3 is 2.51 bits per heavy atom. The lowest BCUT2D eigenvalue weighted by molar-refractivity contribution is -0.113. The third kappa shape index (κ3) is 5.96. The molecule has 2 amide bonds. The van der Waals surface area contributed by atoms with Gasteiger partial charge in [-0.15, -0.1) is 21.5 Å². The quantitative estimate of drug-likeness (QED) is 0.286. The van der Waals surface area contributed by atoms with Gasteiger partial charge in [0.1, 0.15) is 10.8 Å². The zero-order valence-electron chi connectivity index (χ0n) is 20.9. The first kappa shape index (κ1) is 26.7. The molecule has 1 saturated carbocycles. The van der Waals surface area contributed by atoms with Crippen LogP contribution >= 0.6 is 23.1 Å². The van der Waals surface area contributed by atoms with Crippen molar-refractivity contribution in [3.8, 4) is 17.1 Å². The highest BCUT2D eigenvalue weighted by molar-refractivity contribution is 7.99. The molecule has 0 atom stereocenters. The zero-order chi connectivity index (χ0) is 26.5. The predicted molar refractivity (Wildman–Crippen MR) is 142 cm³/mol. The number of amides is 2. The molecule has 3 aromatic rings. The number of carbonyl (C=O) groups is 3. The molecule has 3 N–H and O–H groups in total. The van der Waals surface area contributed by atoms with Crippen molar-refractivity contribution in [3.63, 3.8) is 0 Å². The van der Waals surface area contributed by atoms with Crippen molar-refractivity contribution in [2.24, 2.45) is 5.73 Å². The highest BCUT2D eigenvalue weighted by Crippen LogP contribution is 2.34. The van der Waals surface area contributed by atoms with E-state index in [-0.39, 0.29) is 27.1 Å². The van der Waals surface area contributed by atoms with Gasteiger partial charge in [0.2, 0.25) is 5.91 Å². The SMILES string of the molecule is CCn1c(SCC(=O)Nc2sc(C(N)=O)c(C)c2C(=O)OC)nnc1-c1ccc(OC2CCCC2)cc1. The number of ether oxygens (including phenoxy) is 2. The Hall–Kier alpha value is -3.38. The van der Waals surface area contributed by atoms with Crippen LogP contribution in [0, 0.1) is 6.92 Å². The molecule has 1 aliphatic carbocycles. The third-order valence-corrected chi connectivity index (χ3v) is 8.28. The largest absolute Gasteiger partial charge is 0.490 e. The normalized spacial score (nSPS) is 13.5. The number of thiophene rings is 1. The van der Waals surface area contributed by atoms with Crippen molar-refractivity contribution < 1.29 is 23.9 Å². The van der Waals surface area contributed by atoms with E-state index in [0.29, 0.717) is 29.2 Å². The number of hydrogen-bond acceptors (Lipinski definition) is 9. The van der Waals surface area contributed by atoms with Gasteiger partial charge in [-0.2, -0.15) is 0 Å². The summed E-state index contributed by atoms with van der Waals surface area (Å²) in [5, 5.41) is 12.1. The number of primary amides is 1. The lowest BCUT2D eigenvalue weighted by Crippen LogP contribution is -2.16. The van der Waals surface area contributed by atoms with E-state index in [0.717, 1.165) is 35.5 Å². The number of nitrogens with two attached hydrogens (primary N) is 1. The van der Waals surface area contributed by atoms with Gasteiger partial charge in [-0.3, -0.25) is 9.59 Å². The topological polar surface area (TPSA) is 138 Å². The van der Waals surface area contributed by atoms with Crippen molar-refractivity contribution in [2.45, 2.75) is 57.3 Å². The van der Waals surface area contributed by atoms with Gasteiger partial charge in [0.25, 0.3) is 5.91 Å². The number of esters is 1. The summed E-state index contributed by atoms with van der Waals surface area (Å²) >= 11 is 2.17. The van der Waals surface area contributed by atoms with Crippen LogP contribution in [0.5, 0.6) is 5.75 Å². The summed E-state index contributed by atoms with van der Waals surface area (Å²) in [7, 11) is 1.23. The van der Waals surface area contributed by atoms with E-state index >= 15 is 0 Å². The molecule has 2 heterocycles. The minimum absolute atomic E-state index is 0.0236. The van der Waals surface area contributed by atoms with Crippen LogP contribution in [0.2, 0.25) is 0 Å². The van der Waals surface area contributed by atoms with Crippen LogP contribution in [-0.2, 0) is 16.1 Å². The molecule has 37 heavy (non-hydrogen) atoms. The van der Waals surface area contributed by atoms with Crippen molar-refractivity contribution in [1.29, 1.82) is 0 Å². The number of rotatable bonds is 10. The molecular formula is C25H29N5O5S2. The maximum absolute atomic E-state index is 12.7. The molecule has 0 saturated heterocycles. The first-order valence-corrected chi connectivity index (χ1v) is 13.8. The minimum atomic E-state index is -0.677. The minimum Gasteiger partial charge on any atom is -0.490 e. The molecule has 0 radical (unpaired) electrons. The Labute approximate surface area is 222 Å². The van der Waals surface area contributed by atoms with E-state index in [1.807, 2.05) is 35.8 Å². The van der Waals surface area contributed by atoms with Crippen LogP contribution in [0.15, 0.2) is 29.4 Å². The fourth-order valence-corrected chi connectivity index (χ4v) is 6.12. The fourth-order valence-electron chi connectivity index (χ4n) is 4.25. The van der Waals surface area contributed by atoms with Crippen LogP contribution < -0.4 is 15.8 Å². The van der Waals surface area contributed by atoms with E-state index < -0.39 is 11.9 Å². The maximum Gasteiger partial charge on any atom is 0.341 e. The Balaban J connectivity index is 1.43. The van der Waals surface area contributed by atoms with Gasteiger partial charge in [-0.1, -0.05) is 11.8 Å². The zero-order valence-corrected chi connectivity index (χ0v) is 22.5. The number of nitrogens with zero attached hydrogens (tertiary/aromatic N) is 3. The summed E-state index contributed by atoms with van der Waals surface area (Å²) in [5.41, 5.74) is 6.81. The van der Waals surface area contributed by atoms with Gasteiger partial charge in [-0.25, -0.2) is 4.79 Å². The molecule has 1 fully saturated rings. The van der Waals surface area contributed by atoms with Gasteiger partial charge >= 0.3 is 5.97 Å². The van der Waals surface area contributed by atoms with Gasteiger partial charge < -0.3 is 25.1 Å². The van der Waals surface area contributed by atoms with E-state index in [4.69, 9.17) is 15.2 Å². The molecule has 0 unspecified atom stereocenters. The lowest BCUT2D eigenvalue weighted by atomic mass is 10.1. The fraction of sp³-hybridized carbons (Fsp3) is 0.400. The Bertz CT molecular complexity index is 1300. The second-order valence-electron chi connectivity index (χ2n) is 8.55. The molecule has 4 rings (SSSR count). The molecule has 12 heteroatoms. The van der Waals surface area contributed by atoms with Crippen molar-refractivity contribution >= 4 is 45.9 Å². The first-order chi connectivity index (χ1) is 17.8. The van der Waals surface area contributed by atoms with E-state index in [1.54, 1.807) is 6.92 Å². The second-order valence-corrected chi connectivity index (χ2v) is 10.5. The van der Waals surface area contributed by atoms with Gasteiger partial charge in [0, 0.05) is 12.1 Å². The first-order valence-electron chi connectivity index (χ1n) is 12.0. The van der Waals surface area contributed by atoms with Crippen LogP contribution in [-0.4, -0.2) is 51.5 Å². The average molecular weight is 544 g/mol. The standard InChI is InChI=1S/C25H29N5O5S2/c1-4-30-22(15-9-11-17(12-10-15)35-16-7-5-6-8-16)28-29-25(30)36-13-18(31)27-23-19(24(33)34-3)14(2)20(37-23)21(26)32/h9-12,16H,4-8,13H2,1-3H3,(H2,26,32)(H,27,31). The van der Waals surface area contributed by atoms with Crippen molar-refractivity contribution in [2.75, 3.05) is 18.2 Å². The Morgan fingerprint density at radius 2 is 1.89 bits per heavy atom. The highest BCUT2D eigenvalue weighted by atomic mass is 32.2. The summed E-state index contributed by atoms with van der Waals surface area (Å²) < 4.78 is 12.8. The molecule has 0 spiro atoms. The summed E-state index contributed by atoms with van der Waals surface area (Å²) in [5.74, 6) is -0.128. The number of benzene rings is 1. The average Bonchev–Trinajstić information content (AvgIpc) is 3.62. The predicted octanol–water partition coefficient (Wildman–Crippen LogP) is 4.27. The summed E-state index contributed by atoms with van der Waals surface area (Å²) in [6.07, 6.45) is 4.93. The van der Waals surface area contributed by atoms with E-state index in [2.05, 4.69) is 15.5 Å². The maximum atomic E-state index is 12.7. The van der Waals surface area contributed by atoms with Crippen LogP contribution in [0.3, 0.4) is 0 Å². The number of aromatic nitrogens is 3. The van der Waals surface area contributed by atoms with Crippen LogP contribution in [0.1, 0.15) is 58.2 Å². The van der Waals surface area contributed by atoms with Crippen LogP contribution in [0.4, 0.5) is 5.00 Å².